The summed E-state index contributed by atoms with van der Waals surface area (Å²) in [6.45, 7) is 14.3. The molecule has 0 aromatic carbocycles. The van der Waals surface area contributed by atoms with Crippen molar-refractivity contribution in [2.45, 2.75) is 105 Å². The smallest absolute Gasteiger partial charge is 0 e. The van der Waals surface area contributed by atoms with Gasteiger partial charge in [0.15, 0.2) is 0 Å². The van der Waals surface area contributed by atoms with Crippen molar-refractivity contribution in [3.63, 3.8) is 0 Å². The molecule has 3 aliphatic rings. The molecule has 3 saturated carbocycles. The summed E-state index contributed by atoms with van der Waals surface area (Å²) in [5.41, 5.74) is 5.27. The molecule has 1 unspecified atom stereocenters. The molecule has 27 heavy (non-hydrogen) atoms. The Morgan fingerprint density at radius 1 is 1.04 bits per heavy atom. The summed E-state index contributed by atoms with van der Waals surface area (Å²) < 4.78 is 0. The van der Waals surface area contributed by atoms with E-state index >= 15 is 0 Å². The van der Waals surface area contributed by atoms with Gasteiger partial charge >= 0.3 is 0 Å². The van der Waals surface area contributed by atoms with E-state index in [0.717, 1.165) is 23.7 Å². The topological polar surface area (TPSA) is 0 Å². The van der Waals surface area contributed by atoms with Crippen LogP contribution in [0.1, 0.15) is 106 Å². The Hall–Kier alpha value is -0.780. The highest BCUT2D eigenvalue weighted by Gasteiger charge is 2.50. The van der Waals surface area contributed by atoms with E-state index < -0.39 is 0 Å². The van der Waals surface area contributed by atoms with Crippen LogP contribution in [0.2, 0.25) is 0 Å². The summed E-state index contributed by atoms with van der Waals surface area (Å²) in [7, 11) is 0. The molecule has 0 heteroatoms. The number of rotatable bonds is 6. The summed E-state index contributed by atoms with van der Waals surface area (Å²) in [6.07, 6.45) is 21.5. The van der Waals surface area contributed by atoms with Gasteiger partial charge in [-0.1, -0.05) is 76.8 Å². The van der Waals surface area contributed by atoms with Crippen LogP contribution in [-0.2, 0) is 0 Å². The van der Waals surface area contributed by atoms with Gasteiger partial charge in [0.1, 0.15) is 0 Å². The van der Waals surface area contributed by atoms with Crippen molar-refractivity contribution in [3.8, 4) is 0 Å². The maximum absolute atomic E-state index is 4.32. The molecule has 0 aliphatic heterocycles. The van der Waals surface area contributed by atoms with Gasteiger partial charge in [-0.15, -0.1) is 0 Å². The molecule has 0 aromatic heterocycles. The largest absolute Gasteiger partial charge is 0.0956 e. The molecule has 0 nitrogen and oxygen atoms in total. The van der Waals surface area contributed by atoms with Crippen molar-refractivity contribution in [1.82, 2.24) is 0 Å². The Kier molecular flexibility index (Phi) is 7.09. The monoisotopic (exact) mass is 370 g/mol. The third kappa shape index (κ3) is 4.80. The fraction of sp³-hybridized carbons (Fsp3) is 0.778. The van der Waals surface area contributed by atoms with Crippen LogP contribution in [0.5, 0.6) is 0 Å². The van der Waals surface area contributed by atoms with Crippen molar-refractivity contribution < 1.29 is 1.43 Å². The molecule has 0 heterocycles. The van der Waals surface area contributed by atoms with E-state index in [1.807, 2.05) is 0 Å². The molecule has 0 aromatic rings. The predicted molar refractivity (Wildman–Crippen MR) is 122 cm³/mol. The van der Waals surface area contributed by atoms with E-state index in [2.05, 4.69) is 46.4 Å². The lowest BCUT2D eigenvalue weighted by Gasteiger charge is -2.44. The molecule has 0 amide bonds. The summed E-state index contributed by atoms with van der Waals surface area (Å²) in [6, 6.07) is 0. The van der Waals surface area contributed by atoms with Crippen LogP contribution in [0.4, 0.5) is 0 Å². The van der Waals surface area contributed by atoms with Gasteiger partial charge in [-0.2, -0.15) is 0 Å². The third-order valence-electron chi connectivity index (χ3n) is 8.29. The molecule has 0 radical (unpaired) electrons. The Balaban J connectivity index is 0.00000280. The molecule has 154 valence electrons. The maximum atomic E-state index is 4.32. The minimum absolute atomic E-state index is 0. The van der Waals surface area contributed by atoms with Crippen molar-refractivity contribution >= 4 is 0 Å². The SMILES string of the molecule is C=C1CCCC/C1=C/C=C1\CCC[C@@]2(C)C1CC[C@@H]2[C@H](C)CCCC(C)C.[HH]. The van der Waals surface area contributed by atoms with Crippen LogP contribution in [0.15, 0.2) is 35.5 Å². The standard InChI is InChI=1S/C27H44.H2/c1-20(2)10-8-12-22(4)25-17-18-26-24(14-9-19-27(25,26)5)16-15-23-13-7-6-11-21(23)3;/h15-16,20,22,25-26H,3,6-14,17-19H2,1-2,4-5H3;1H/b23-15-,24-16+;/t22-,25-,26?,27-;/m1./s1. The summed E-state index contributed by atoms with van der Waals surface area (Å²) in [4.78, 5) is 0. The van der Waals surface area contributed by atoms with Gasteiger partial charge in [0.2, 0.25) is 0 Å². The minimum atomic E-state index is 0. The minimum Gasteiger partial charge on any atom is -0.0956 e. The zero-order chi connectivity index (χ0) is 19.4. The van der Waals surface area contributed by atoms with Crippen LogP contribution < -0.4 is 0 Å². The molecule has 0 spiro atoms. The van der Waals surface area contributed by atoms with Gasteiger partial charge in [-0.3, -0.25) is 0 Å². The van der Waals surface area contributed by atoms with Gasteiger partial charge in [-0.05, 0) is 92.4 Å². The molecule has 4 atom stereocenters. The van der Waals surface area contributed by atoms with Crippen molar-refractivity contribution in [3.05, 3.63) is 35.5 Å². The van der Waals surface area contributed by atoms with Gasteiger partial charge in [-0.25, -0.2) is 0 Å². The number of allylic oxidation sites excluding steroid dienone is 5. The fourth-order valence-corrected chi connectivity index (χ4v) is 6.66. The van der Waals surface area contributed by atoms with E-state index in [1.54, 1.807) is 5.57 Å². The highest BCUT2D eigenvalue weighted by molar-refractivity contribution is 5.35. The molecule has 0 N–H and O–H groups in total. The molecule has 3 rings (SSSR count). The van der Waals surface area contributed by atoms with Gasteiger partial charge in [0.05, 0.1) is 0 Å². The Morgan fingerprint density at radius 2 is 1.81 bits per heavy atom. The number of fused-ring (bicyclic) bond motifs is 1. The van der Waals surface area contributed by atoms with Gasteiger partial charge in [0.25, 0.3) is 0 Å². The van der Waals surface area contributed by atoms with E-state index in [-0.39, 0.29) is 1.43 Å². The second kappa shape index (κ2) is 9.15. The third-order valence-corrected chi connectivity index (χ3v) is 8.29. The number of hydrogen-bond donors (Lipinski definition) is 0. The first-order valence-electron chi connectivity index (χ1n) is 12.0. The van der Waals surface area contributed by atoms with Crippen LogP contribution in [0.25, 0.3) is 0 Å². The summed E-state index contributed by atoms with van der Waals surface area (Å²) in [5, 5.41) is 0. The molecule has 3 fully saturated rings. The van der Waals surface area contributed by atoms with Crippen LogP contribution in [-0.4, -0.2) is 0 Å². The average Bonchev–Trinajstić information content (AvgIpc) is 2.98. The van der Waals surface area contributed by atoms with E-state index in [0.29, 0.717) is 5.41 Å². The lowest BCUT2D eigenvalue weighted by molar-refractivity contribution is 0.0929. The summed E-state index contributed by atoms with van der Waals surface area (Å²) in [5.74, 6) is 3.54. The normalized spacial score (nSPS) is 35.8. The molecule has 3 aliphatic carbocycles. The quantitative estimate of drug-likeness (QED) is 0.438. The van der Waals surface area contributed by atoms with Crippen LogP contribution >= 0.6 is 0 Å². The average molecular weight is 371 g/mol. The highest BCUT2D eigenvalue weighted by atomic mass is 14.5. The molecule has 0 saturated heterocycles. The van der Waals surface area contributed by atoms with Crippen molar-refractivity contribution in [2.24, 2.45) is 29.1 Å². The Bertz CT molecular complexity index is 581. The van der Waals surface area contributed by atoms with Crippen LogP contribution in [0.3, 0.4) is 0 Å². The lowest BCUT2D eigenvalue weighted by Crippen LogP contribution is -2.36. The van der Waals surface area contributed by atoms with Crippen molar-refractivity contribution in [1.29, 1.82) is 0 Å². The van der Waals surface area contributed by atoms with Crippen molar-refractivity contribution in [2.75, 3.05) is 0 Å². The predicted octanol–water partition coefficient (Wildman–Crippen LogP) is 8.89. The van der Waals surface area contributed by atoms with Crippen LogP contribution in [0, 0.1) is 29.1 Å². The first-order chi connectivity index (χ1) is 12.9. The second-order valence-electron chi connectivity index (χ2n) is 10.6. The molecular formula is C27H46. The molecule has 0 bridgehead atoms. The number of hydrogen-bond acceptors (Lipinski definition) is 0. The Labute approximate surface area is 171 Å². The van der Waals surface area contributed by atoms with Gasteiger partial charge in [0, 0.05) is 1.43 Å². The zero-order valence-electron chi connectivity index (χ0n) is 18.7. The van der Waals surface area contributed by atoms with E-state index in [4.69, 9.17) is 0 Å². The Morgan fingerprint density at radius 3 is 2.56 bits per heavy atom. The first kappa shape index (κ1) is 20.9. The first-order valence-corrected chi connectivity index (χ1v) is 12.0. The van der Waals surface area contributed by atoms with E-state index in [9.17, 15) is 0 Å². The van der Waals surface area contributed by atoms with E-state index in [1.165, 1.54) is 88.2 Å². The lowest BCUT2D eigenvalue weighted by atomic mass is 9.60. The highest BCUT2D eigenvalue weighted by Crippen LogP contribution is 2.59. The van der Waals surface area contributed by atoms with Gasteiger partial charge < -0.3 is 0 Å². The second-order valence-corrected chi connectivity index (χ2v) is 10.6. The zero-order valence-corrected chi connectivity index (χ0v) is 18.7. The molecular weight excluding hydrogens is 324 g/mol. The fourth-order valence-electron chi connectivity index (χ4n) is 6.66. The summed E-state index contributed by atoms with van der Waals surface area (Å²) >= 11 is 0. The maximum Gasteiger partial charge on any atom is 0 e.